The van der Waals surface area contributed by atoms with Crippen LogP contribution in [0.5, 0.6) is 17.2 Å². The molecule has 0 aliphatic carbocycles. The first-order valence-corrected chi connectivity index (χ1v) is 11.0. The van der Waals surface area contributed by atoms with Crippen molar-refractivity contribution < 1.29 is 24.1 Å². The molecule has 1 atom stereocenters. The van der Waals surface area contributed by atoms with E-state index in [2.05, 4.69) is 5.32 Å². The number of aliphatic carboxylic acids is 1. The zero-order valence-electron chi connectivity index (χ0n) is 19.0. The Morgan fingerprint density at radius 1 is 0.971 bits per heavy atom. The first-order valence-electron chi connectivity index (χ1n) is 11.0. The number of carboxylic acids is 1. The van der Waals surface area contributed by atoms with Crippen LogP contribution in [0.4, 0.5) is 5.69 Å². The van der Waals surface area contributed by atoms with Crippen LogP contribution in [-0.4, -0.2) is 36.7 Å². The average Bonchev–Trinajstić information content (AvgIpc) is 2.84. The molecule has 0 aromatic heterocycles. The number of nitrogens with one attached hydrogen (secondary N) is 2. The molecular formula is C26H29N3O5. The van der Waals surface area contributed by atoms with Crippen LogP contribution in [-0.2, 0) is 4.79 Å². The van der Waals surface area contributed by atoms with Crippen LogP contribution in [0.3, 0.4) is 0 Å². The fourth-order valence-corrected chi connectivity index (χ4v) is 3.24. The smallest absolute Gasteiger partial charge is 0.330 e. The Balaban J connectivity index is 1.65. The molecule has 0 spiro atoms. The number of para-hydroxylation sites is 1. The maximum absolute atomic E-state index is 12.0. The van der Waals surface area contributed by atoms with E-state index in [4.69, 9.17) is 25.4 Å². The van der Waals surface area contributed by atoms with Crippen molar-refractivity contribution in [2.45, 2.75) is 19.4 Å². The number of hydrogen-bond acceptors (Lipinski definition) is 6. The summed E-state index contributed by atoms with van der Waals surface area (Å²) in [4.78, 5) is 12.0. The molecule has 0 saturated heterocycles. The maximum Gasteiger partial charge on any atom is 0.330 e. The molecule has 0 aliphatic heterocycles. The van der Waals surface area contributed by atoms with E-state index in [1.54, 1.807) is 42.5 Å². The van der Waals surface area contributed by atoms with Gasteiger partial charge in [0.1, 0.15) is 11.6 Å². The summed E-state index contributed by atoms with van der Waals surface area (Å²) in [6.45, 7) is 3.21. The highest BCUT2D eigenvalue weighted by Crippen LogP contribution is 2.32. The summed E-state index contributed by atoms with van der Waals surface area (Å²) in [6, 6.07) is 20.4. The van der Waals surface area contributed by atoms with Gasteiger partial charge in [0, 0.05) is 17.7 Å². The molecular weight excluding hydrogens is 434 g/mol. The quantitative estimate of drug-likeness (QED) is 0.167. The monoisotopic (exact) mass is 463 g/mol. The van der Waals surface area contributed by atoms with Gasteiger partial charge in [0.2, 0.25) is 0 Å². The Morgan fingerprint density at radius 2 is 1.68 bits per heavy atom. The molecule has 3 rings (SSSR count). The van der Waals surface area contributed by atoms with Gasteiger partial charge in [-0.25, -0.2) is 4.79 Å². The lowest BCUT2D eigenvalue weighted by molar-refractivity contribution is -0.138. The summed E-state index contributed by atoms with van der Waals surface area (Å²) in [5.74, 6) is 0.740. The van der Waals surface area contributed by atoms with E-state index in [-0.39, 0.29) is 5.84 Å². The second-order valence-electron chi connectivity index (χ2n) is 7.41. The molecule has 1 unspecified atom stereocenters. The normalized spacial score (nSPS) is 11.3. The molecule has 0 heterocycles. The zero-order chi connectivity index (χ0) is 24.3. The lowest BCUT2D eigenvalue weighted by Gasteiger charge is -2.19. The fourth-order valence-electron chi connectivity index (χ4n) is 3.24. The van der Waals surface area contributed by atoms with E-state index in [0.717, 1.165) is 5.75 Å². The summed E-state index contributed by atoms with van der Waals surface area (Å²) in [5, 5.41) is 20.3. The number of nitrogen functional groups attached to an aromatic ring is 1. The summed E-state index contributed by atoms with van der Waals surface area (Å²) in [6.07, 6.45) is 0.678. The highest BCUT2D eigenvalue weighted by Gasteiger charge is 2.22. The number of nitrogens with two attached hydrogens (primary N) is 1. The second-order valence-corrected chi connectivity index (χ2v) is 7.41. The predicted octanol–water partition coefficient (Wildman–Crippen LogP) is 4.46. The minimum Gasteiger partial charge on any atom is -0.493 e. The molecule has 8 nitrogen and oxygen atoms in total. The molecule has 3 aromatic rings. The van der Waals surface area contributed by atoms with Crippen molar-refractivity contribution in [3.63, 3.8) is 0 Å². The summed E-state index contributed by atoms with van der Waals surface area (Å²) >= 11 is 0. The molecule has 8 heteroatoms. The number of hydrogen-bond donors (Lipinski definition) is 4. The molecule has 5 N–H and O–H groups in total. The van der Waals surface area contributed by atoms with E-state index >= 15 is 0 Å². The standard InChI is InChI=1S/C26H29N3O5/c1-2-32-23-17-19(24(26(30)31)29-20-12-9-18(10-13-20)25(27)28)11-14-22(23)34-16-6-15-33-21-7-4-3-5-8-21/h3-5,7-14,17,24,29H,2,6,15-16H2,1H3,(H3,27,28)(H,30,31). The van der Waals surface area contributed by atoms with Crippen LogP contribution in [0.15, 0.2) is 72.8 Å². The average molecular weight is 464 g/mol. The summed E-state index contributed by atoms with van der Waals surface area (Å²) < 4.78 is 17.3. The molecule has 0 saturated carbocycles. The van der Waals surface area contributed by atoms with Gasteiger partial charge in [-0.2, -0.15) is 0 Å². The summed E-state index contributed by atoms with van der Waals surface area (Å²) in [5.41, 5.74) is 7.15. The van der Waals surface area contributed by atoms with Crippen LogP contribution < -0.4 is 25.3 Å². The minimum absolute atomic E-state index is 0.0510. The molecule has 34 heavy (non-hydrogen) atoms. The van der Waals surface area contributed by atoms with E-state index in [9.17, 15) is 9.90 Å². The Morgan fingerprint density at radius 3 is 2.32 bits per heavy atom. The van der Waals surface area contributed by atoms with Gasteiger partial charge in [0.05, 0.1) is 19.8 Å². The third-order valence-electron chi connectivity index (χ3n) is 4.91. The number of benzene rings is 3. The van der Waals surface area contributed by atoms with E-state index in [1.165, 1.54) is 0 Å². The van der Waals surface area contributed by atoms with E-state index < -0.39 is 12.0 Å². The Hall–Kier alpha value is -4.20. The van der Waals surface area contributed by atoms with Gasteiger partial charge >= 0.3 is 5.97 Å². The van der Waals surface area contributed by atoms with Crippen LogP contribution in [0.1, 0.15) is 30.5 Å². The zero-order valence-corrected chi connectivity index (χ0v) is 19.0. The van der Waals surface area contributed by atoms with Crippen molar-refractivity contribution in [3.8, 4) is 17.2 Å². The lowest BCUT2D eigenvalue weighted by Crippen LogP contribution is -2.21. The Kier molecular flexibility index (Phi) is 8.73. The number of ether oxygens (including phenoxy) is 3. The highest BCUT2D eigenvalue weighted by molar-refractivity contribution is 5.95. The minimum atomic E-state index is -1.04. The number of rotatable bonds is 13. The van der Waals surface area contributed by atoms with Crippen molar-refractivity contribution in [2.75, 3.05) is 25.1 Å². The largest absolute Gasteiger partial charge is 0.493 e. The van der Waals surface area contributed by atoms with Gasteiger partial charge in [-0.05, 0) is 61.0 Å². The lowest BCUT2D eigenvalue weighted by atomic mass is 10.1. The molecule has 3 aromatic carbocycles. The first-order chi connectivity index (χ1) is 16.5. The van der Waals surface area contributed by atoms with Gasteiger partial charge < -0.3 is 30.4 Å². The summed E-state index contributed by atoms with van der Waals surface area (Å²) in [7, 11) is 0. The van der Waals surface area contributed by atoms with Gasteiger partial charge in [0.25, 0.3) is 0 Å². The first kappa shape index (κ1) is 24.4. The fraction of sp³-hybridized carbons (Fsp3) is 0.231. The van der Waals surface area contributed by atoms with E-state index in [0.29, 0.717) is 54.6 Å². The maximum atomic E-state index is 12.0. The van der Waals surface area contributed by atoms with Crippen LogP contribution in [0.2, 0.25) is 0 Å². The van der Waals surface area contributed by atoms with Gasteiger partial charge in [-0.15, -0.1) is 0 Å². The van der Waals surface area contributed by atoms with Gasteiger partial charge in [-0.3, -0.25) is 5.41 Å². The van der Waals surface area contributed by atoms with Gasteiger partial charge in [0.15, 0.2) is 17.5 Å². The molecule has 0 aliphatic rings. The Labute approximate surface area is 198 Å². The SMILES string of the molecule is CCOc1cc(C(Nc2ccc(C(=N)N)cc2)C(=O)O)ccc1OCCCOc1ccccc1. The molecule has 0 fully saturated rings. The van der Waals surface area contributed by atoms with Crippen molar-refractivity contribution in [2.24, 2.45) is 5.73 Å². The Bertz CT molecular complexity index is 1090. The van der Waals surface area contributed by atoms with E-state index in [1.807, 2.05) is 37.3 Å². The molecule has 0 radical (unpaired) electrons. The van der Waals surface area contributed by atoms with Crippen LogP contribution in [0, 0.1) is 5.41 Å². The topological polar surface area (TPSA) is 127 Å². The second kappa shape index (κ2) is 12.2. The molecule has 178 valence electrons. The van der Waals surface area contributed by atoms with Gasteiger partial charge in [-0.1, -0.05) is 24.3 Å². The van der Waals surface area contributed by atoms with Crippen molar-refractivity contribution in [1.29, 1.82) is 5.41 Å². The molecule has 0 amide bonds. The number of carboxylic acid groups (broad SMARTS) is 1. The van der Waals surface area contributed by atoms with Crippen molar-refractivity contribution >= 4 is 17.5 Å². The third-order valence-corrected chi connectivity index (χ3v) is 4.91. The number of carbonyl (C=O) groups is 1. The number of amidine groups is 1. The highest BCUT2D eigenvalue weighted by atomic mass is 16.5. The predicted molar refractivity (Wildman–Crippen MR) is 131 cm³/mol. The van der Waals surface area contributed by atoms with Crippen LogP contribution >= 0.6 is 0 Å². The molecule has 0 bridgehead atoms. The van der Waals surface area contributed by atoms with Crippen molar-refractivity contribution in [3.05, 3.63) is 83.9 Å². The van der Waals surface area contributed by atoms with Crippen molar-refractivity contribution in [1.82, 2.24) is 0 Å². The number of anilines is 1. The third kappa shape index (κ3) is 6.90. The van der Waals surface area contributed by atoms with Crippen LogP contribution in [0.25, 0.3) is 0 Å².